The van der Waals surface area contributed by atoms with Gasteiger partial charge < -0.3 is 9.64 Å². The second-order valence-electron chi connectivity index (χ2n) is 6.61. The number of amides is 1. The molecule has 1 aromatic carbocycles. The fourth-order valence-corrected chi connectivity index (χ4v) is 4.30. The van der Waals surface area contributed by atoms with E-state index < -0.39 is 0 Å². The quantitative estimate of drug-likeness (QED) is 0.642. The predicted octanol–water partition coefficient (Wildman–Crippen LogP) is 3.36. The Hall–Kier alpha value is -2.93. The number of likely N-dealkylation sites (tertiary alicyclic amines) is 1. The summed E-state index contributed by atoms with van der Waals surface area (Å²) < 4.78 is 6.94. The Morgan fingerprint density at radius 3 is 2.79 bits per heavy atom. The first-order valence-corrected chi connectivity index (χ1v) is 10.2. The summed E-state index contributed by atoms with van der Waals surface area (Å²) in [4.78, 5) is 28.2. The molecule has 2 aromatic heterocycles. The zero-order valence-corrected chi connectivity index (χ0v) is 16.2. The van der Waals surface area contributed by atoms with Crippen LogP contribution in [0.5, 0.6) is 5.75 Å². The Kier molecular flexibility index (Phi) is 5.53. The first kappa shape index (κ1) is 18.4. The smallest absolute Gasteiger partial charge is 0.274 e. The molecule has 0 radical (unpaired) electrons. The number of nitrogens with zero attached hydrogens (tertiary/aromatic N) is 3. The molecular formula is C21H21N3O3S. The van der Waals surface area contributed by atoms with Gasteiger partial charge in [0.25, 0.3) is 11.5 Å². The third kappa shape index (κ3) is 3.99. The molecular weight excluding hydrogens is 374 g/mol. The zero-order valence-electron chi connectivity index (χ0n) is 15.4. The van der Waals surface area contributed by atoms with Crippen molar-refractivity contribution in [3.05, 3.63) is 80.9 Å². The second kappa shape index (κ2) is 8.39. The Bertz CT molecular complexity index is 986. The summed E-state index contributed by atoms with van der Waals surface area (Å²) in [7, 11) is 0. The van der Waals surface area contributed by atoms with Gasteiger partial charge in [-0.1, -0.05) is 24.3 Å². The average Bonchev–Trinajstić information content (AvgIpc) is 3.41. The monoisotopic (exact) mass is 395 g/mol. The molecule has 3 heterocycles. The molecule has 1 aliphatic heterocycles. The van der Waals surface area contributed by atoms with Crippen LogP contribution in [-0.4, -0.2) is 33.7 Å². The number of carbonyl (C=O) groups is 1. The van der Waals surface area contributed by atoms with Crippen molar-refractivity contribution in [2.45, 2.75) is 25.4 Å². The van der Waals surface area contributed by atoms with E-state index in [0.29, 0.717) is 18.8 Å². The summed E-state index contributed by atoms with van der Waals surface area (Å²) in [5, 5.41) is 6.33. The van der Waals surface area contributed by atoms with Gasteiger partial charge in [0.1, 0.15) is 18.1 Å². The topological polar surface area (TPSA) is 64.4 Å². The van der Waals surface area contributed by atoms with Crippen molar-refractivity contribution >= 4 is 17.2 Å². The number of carbonyl (C=O) groups excluding carboxylic acids is 1. The van der Waals surface area contributed by atoms with E-state index in [1.54, 1.807) is 11.3 Å². The lowest BCUT2D eigenvalue weighted by atomic mass is 10.2. The van der Waals surface area contributed by atoms with E-state index in [9.17, 15) is 9.59 Å². The molecule has 0 aliphatic carbocycles. The summed E-state index contributed by atoms with van der Waals surface area (Å²) >= 11 is 1.67. The number of hydrogen-bond acceptors (Lipinski definition) is 5. The standard InChI is InChI=1S/C21H21N3O3S/c25-20-11-10-17(22-24(20)13-14-27-16-6-2-1-3-7-16)21(26)23-12-4-8-18(23)19-9-5-15-28-19/h1-3,5-7,9-11,15,18H,4,8,12-14H2. The molecule has 1 unspecified atom stereocenters. The van der Waals surface area contributed by atoms with Gasteiger partial charge in [-0.05, 0) is 42.5 Å². The van der Waals surface area contributed by atoms with E-state index in [0.717, 1.165) is 18.6 Å². The van der Waals surface area contributed by atoms with Crippen molar-refractivity contribution in [1.82, 2.24) is 14.7 Å². The van der Waals surface area contributed by atoms with Gasteiger partial charge in [-0.25, -0.2) is 4.68 Å². The fraction of sp³-hybridized carbons (Fsp3) is 0.286. The number of hydrogen-bond donors (Lipinski definition) is 0. The molecule has 1 saturated heterocycles. The molecule has 7 heteroatoms. The van der Waals surface area contributed by atoms with Gasteiger partial charge in [0.15, 0.2) is 0 Å². The maximum absolute atomic E-state index is 13.0. The van der Waals surface area contributed by atoms with E-state index >= 15 is 0 Å². The molecule has 0 N–H and O–H groups in total. The lowest BCUT2D eigenvalue weighted by Crippen LogP contribution is -2.34. The molecule has 0 saturated carbocycles. The minimum Gasteiger partial charge on any atom is -0.492 e. The van der Waals surface area contributed by atoms with Gasteiger partial charge in [-0.15, -0.1) is 11.3 Å². The third-order valence-corrected chi connectivity index (χ3v) is 5.76. The van der Waals surface area contributed by atoms with Gasteiger partial charge in [0.2, 0.25) is 0 Å². The first-order chi connectivity index (χ1) is 13.7. The molecule has 1 aliphatic rings. The third-order valence-electron chi connectivity index (χ3n) is 4.79. The van der Waals surface area contributed by atoms with Crippen molar-refractivity contribution in [3.8, 4) is 5.75 Å². The molecule has 0 spiro atoms. The number of ether oxygens (including phenoxy) is 1. The van der Waals surface area contributed by atoms with Crippen molar-refractivity contribution < 1.29 is 9.53 Å². The lowest BCUT2D eigenvalue weighted by Gasteiger charge is -2.23. The van der Waals surface area contributed by atoms with E-state index in [-0.39, 0.29) is 24.1 Å². The minimum atomic E-state index is -0.246. The molecule has 144 valence electrons. The van der Waals surface area contributed by atoms with E-state index in [1.807, 2.05) is 46.7 Å². The van der Waals surface area contributed by atoms with Gasteiger partial charge in [-0.3, -0.25) is 9.59 Å². The Morgan fingerprint density at radius 2 is 2.00 bits per heavy atom. The lowest BCUT2D eigenvalue weighted by molar-refractivity contribution is 0.0728. The number of para-hydroxylation sites is 1. The maximum Gasteiger partial charge on any atom is 0.274 e. The second-order valence-corrected chi connectivity index (χ2v) is 7.59. The first-order valence-electron chi connectivity index (χ1n) is 9.33. The maximum atomic E-state index is 13.0. The minimum absolute atomic E-state index is 0.0936. The van der Waals surface area contributed by atoms with Crippen LogP contribution in [0.2, 0.25) is 0 Å². The van der Waals surface area contributed by atoms with E-state index in [1.165, 1.54) is 21.7 Å². The van der Waals surface area contributed by atoms with Crippen LogP contribution in [0.15, 0.2) is 64.8 Å². The van der Waals surface area contributed by atoms with Gasteiger partial charge in [-0.2, -0.15) is 5.10 Å². The number of thiophene rings is 1. The number of benzene rings is 1. The zero-order chi connectivity index (χ0) is 19.3. The highest BCUT2D eigenvalue weighted by Crippen LogP contribution is 2.35. The summed E-state index contributed by atoms with van der Waals surface area (Å²) in [6.45, 7) is 1.29. The van der Waals surface area contributed by atoms with Gasteiger partial charge >= 0.3 is 0 Å². The molecule has 6 nitrogen and oxygen atoms in total. The summed E-state index contributed by atoms with van der Waals surface area (Å²) in [6.07, 6.45) is 1.93. The molecule has 3 aromatic rings. The van der Waals surface area contributed by atoms with Crippen molar-refractivity contribution in [3.63, 3.8) is 0 Å². The van der Waals surface area contributed by atoms with Crippen LogP contribution in [0.25, 0.3) is 0 Å². The van der Waals surface area contributed by atoms with Crippen LogP contribution in [0.3, 0.4) is 0 Å². The fourth-order valence-electron chi connectivity index (χ4n) is 3.42. The normalized spacial score (nSPS) is 16.3. The average molecular weight is 395 g/mol. The summed E-state index contributed by atoms with van der Waals surface area (Å²) in [6, 6.07) is 16.5. The molecule has 1 amide bonds. The van der Waals surface area contributed by atoms with Gasteiger partial charge in [0.05, 0.1) is 12.6 Å². The van der Waals surface area contributed by atoms with E-state index in [4.69, 9.17) is 4.74 Å². The SMILES string of the molecule is O=C(c1ccc(=O)n(CCOc2ccccc2)n1)N1CCCC1c1cccs1. The number of rotatable bonds is 6. The van der Waals surface area contributed by atoms with Gasteiger partial charge in [0, 0.05) is 17.5 Å². The Labute approximate surface area is 167 Å². The van der Waals surface area contributed by atoms with Crippen LogP contribution in [-0.2, 0) is 6.54 Å². The summed E-state index contributed by atoms with van der Waals surface area (Å²) in [5.41, 5.74) is 0.0483. The molecule has 1 fully saturated rings. The molecule has 4 rings (SSSR count). The Morgan fingerprint density at radius 1 is 1.14 bits per heavy atom. The van der Waals surface area contributed by atoms with Crippen LogP contribution >= 0.6 is 11.3 Å². The summed E-state index contributed by atoms with van der Waals surface area (Å²) in [5.74, 6) is 0.604. The Balaban J connectivity index is 1.47. The van der Waals surface area contributed by atoms with E-state index in [2.05, 4.69) is 11.2 Å². The highest BCUT2D eigenvalue weighted by molar-refractivity contribution is 7.10. The van der Waals surface area contributed by atoms with Crippen molar-refractivity contribution in [2.24, 2.45) is 0 Å². The predicted molar refractivity (Wildman–Crippen MR) is 108 cm³/mol. The van der Waals surface area contributed by atoms with Crippen LogP contribution in [0.4, 0.5) is 0 Å². The highest BCUT2D eigenvalue weighted by Gasteiger charge is 2.32. The van der Waals surface area contributed by atoms with Crippen LogP contribution < -0.4 is 10.3 Å². The van der Waals surface area contributed by atoms with Crippen molar-refractivity contribution in [1.29, 1.82) is 0 Å². The largest absolute Gasteiger partial charge is 0.492 e. The molecule has 28 heavy (non-hydrogen) atoms. The highest BCUT2D eigenvalue weighted by atomic mass is 32.1. The molecule has 0 bridgehead atoms. The molecule has 1 atom stereocenters. The number of aromatic nitrogens is 2. The van der Waals surface area contributed by atoms with Crippen LogP contribution in [0, 0.1) is 0 Å². The van der Waals surface area contributed by atoms with Crippen LogP contribution in [0.1, 0.15) is 34.2 Å². The van der Waals surface area contributed by atoms with Crippen molar-refractivity contribution in [2.75, 3.05) is 13.2 Å².